The number of methoxy groups -OCH3 is 1. The van der Waals surface area contributed by atoms with Crippen LogP contribution in [0, 0.1) is 0 Å². The minimum Gasteiger partial charge on any atom is -0.496 e. The Hall–Kier alpha value is -2.61. The molecule has 3 aromatic carbocycles. The van der Waals surface area contributed by atoms with Crippen LogP contribution in [-0.4, -0.2) is 13.4 Å². The van der Waals surface area contributed by atoms with E-state index in [9.17, 15) is 4.79 Å². The lowest BCUT2D eigenvalue weighted by Gasteiger charge is -2.10. The van der Waals surface area contributed by atoms with Gasteiger partial charge in [-0.3, -0.25) is 4.79 Å². The average Bonchev–Trinajstić information content (AvgIpc) is 2.53. The summed E-state index contributed by atoms with van der Waals surface area (Å²) in [6.45, 7) is 0. The number of carbonyl (C=O) groups is 1. The molecule has 0 heterocycles. The Morgan fingerprint density at radius 2 is 1.70 bits per heavy atom. The molecule has 0 unspecified atom stereocenters. The normalized spacial score (nSPS) is 10.4. The van der Waals surface area contributed by atoms with Gasteiger partial charge in [-0.05, 0) is 40.6 Å². The first-order valence-electron chi connectivity index (χ1n) is 6.44. The van der Waals surface area contributed by atoms with E-state index in [0.717, 1.165) is 23.2 Å². The summed E-state index contributed by atoms with van der Waals surface area (Å²) in [7, 11) is 1.64. The highest BCUT2D eigenvalue weighted by atomic mass is 16.5. The van der Waals surface area contributed by atoms with Gasteiger partial charge in [0.25, 0.3) is 0 Å². The van der Waals surface area contributed by atoms with Crippen LogP contribution in [0.3, 0.4) is 0 Å². The van der Waals surface area contributed by atoms with Gasteiger partial charge < -0.3 is 4.74 Å². The molecule has 0 amide bonds. The van der Waals surface area contributed by atoms with Gasteiger partial charge in [-0.15, -0.1) is 0 Å². The van der Waals surface area contributed by atoms with Crippen LogP contribution >= 0.6 is 0 Å². The molecule has 98 valence electrons. The number of benzene rings is 3. The third kappa shape index (κ3) is 2.16. The third-order valence-electron chi connectivity index (χ3n) is 3.42. The van der Waals surface area contributed by atoms with Crippen molar-refractivity contribution in [2.75, 3.05) is 7.11 Å². The van der Waals surface area contributed by atoms with Crippen LogP contribution in [0.2, 0.25) is 0 Å². The van der Waals surface area contributed by atoms with Crippen molar-refractivity contribution in [3.63, 3.8) is 0 Å². The number of hydrogen-bond acceptors (Lipinski definition) is 2. The molecule has 20 heavy (non-hydrogen) atoms. The van der Waals surface area contributed by atoms with Crippen LogP contribution in [0.15, 0.2) is 60.7 Å². The van der Waals surface area contributed by atoms with E-state index in [-0.39, 0.29) is 0 Å². The summed E-state index contributed by atoms with van der Waals surface area (Å²) < 4.78 is 5.40. The maximum absolute atomic E-state index is 11.0. The van der Waals surface area contributed by atoms with Crippen LogP contribution in [-0.2, 0) is 0 Å². The number of fused-ring (bicyclic) bond motifs is 1. The Bertz CT molecular complexity index is 775. The van der Waals surface area contributed by atoms with Gasteiger partial charge in [0.15, 0.2) is 0 Å². The van der Waals surface area contributed by atoms with Crippen molar-refractivity contribution >= 4 is 17.1 Å². The average molecular weight is 262 g/mol. The second kappa shape index (κ2) is 5.17. The fourth-order valence-corrected chi connectivity index (χ4v) is 2.38. The molecular weight excluding hydrogens is 248 g/mol. The van der Waals surface area contributed by atoms with Gasteiger partial charge in [0, 0.05) is 11.1 Å². The van der Waals surface area contributed by atoms with Crippen molar-refractivity contribution in [1.82, 2.24) is 0 Å². The van der Waals surface area contributed by atoms with Crippen LogP contribution in [0.25, 0.3) is 21.9 Å². The standard InChI is InChI=1S/C18H14O2/c1-20-18-9-6-13(12-19)10-17(18)16-8-7-14-4-2-3-5-15(14)11-16/h2-12H,1H3. The summed E-state index contributed by atoms with van der Waals surface area (Å²) in [6, 6.07) is 19.9. The summed E-state index contributed by atoms with van der Waals surface area (Å²) >= 11 is 0. The Morgan fingerprint density at radius 1 is 0.900 bits per heavy atom. The fourth-order valence-electron chi connectivity index (χ4n) is 2.38. The van der Waals surface area contributed by atoms with E-state index in [1.165, 1.54) is 10.8 Å². The first-order valence-corrected chi connectivity index (χ1v) is 6.44. The van der Waals surface area contributed by atoms with Crippen molar-refractivity contribution in [2.24, 2.45) is 0 Å². The molecule has 0 spiro atoms. The van der Waals surface area contributed by atoms with Crippen LogP contribution in [0.4, 0.5) is 0 Å². The van der Waals surface area contributed by atoms with Gasteiger partial charge in [-0.1, -0.05) is 36.4 Å². The SMILES string of the molecule is COc1ccc(C=O)cc1-c1ccc2ccccc2c1. The fraction of sp³-hybridized carbons (Fsp3) is 0.0556. The molecule has 0 aromatic heterocycles. The Morgan fingerprint density at radius 3 is 2.45 bits per heavy atom. The maximum Gasteiger partial charge on any atom is 0.150 e. The van der Waals surface area contributed by atoms with Crippen molar-refractivity contribution in [2.45, 2.75) is 0 Å². The highest BCUT2D eigenvalue weighted by Gasteiger charge is 2.07. The molecule has 0 aliphatic carbocycles. The Kier molecular flexibility index (Phi) is 3.21. The van der Waals surface area contributed by atoms with Crippen molar-refractivity contribution in [3.05, 3.63) is 66.2 Å². The van der Waals surface area contributed by atoms with Crippen molar-refractivity contribution in [1.29, 1.82) is 0 Å². The van der Waals surface area contributed by atoms with E-state index in [2.05, 4.69) is 30.3 Å². The summed E-state index contributed by atoms with van der Waals surface area (Å²) in [5.74, 6) is 0.769. The first kappa shape index (κ1) is 12.4. The highest BCUT2D eigenvalue weighted by Crippen LogP contribution is 2.32. The molecule has 0 bridgehead atoms. The van der Waals surface area contributed by atoms with Gasteiger partial charge in [0.1, 0.15) is 12.0 Å². The Labute approximate surface area is 117 Å². The first-order chi connectivity index (χ1) is 9.81. The lowest BCUT2D eigenvalue weighted by Crippen LogP contribution is -1.90. The molecule has 2 nitrogen and oxygen atoms in total. The number of ether oxygens (including phenoxy) is 1. The molecule has 0 saturated carbocycles. The van der Waals surface area contributed by atoms with Crippen LogP contribution < -0.4 is 4.74 Å². The Balaban J connectivity index is 2.21. The molecule has 0 saturated heterocycles. The molecule has 3 aromatic rings. The summed E-state index contributed by atoms with van der Waals surface area (Å²) in [4.78, 5) is 11.0. The number of carbonyl (C=O) groups excluding carboxylic acids is 1. The molecule has 3 rings (SSSR count). The second-order valence-electron chi connectivity index (χ2n) is 4.64. The highest BCUT2D eigenvalue weighted by molar-refractivity contribution is 5.89. The molecule has 0 atom stereocenters. The van der Waals surface area contributed by atoms with E-state index >= 15 is 0 Å². The third-order valence-corrected chi connectivity index (χ3v) is 3.42. The predicted molar refractivity (Wildman–Crippen MR) is 81.3 cm³/mol. The summed E-state index contributed by atoms with van der Waals surface area (Å²) in [5.41, 5.74) is 2.63. The molecule has 2 heteroatoms. The zero-order chi connectivity index (χ0) is 13.9. The smallest absolute Gasteiger partial charge is 0.150 e. The van der Waals surface area contributed by atoms with Gasteiger partial charge in [0.2, 0.25) is 0 Å². The summed E-state index contributed by atoms with van der Waals surface area (Å²) in [6.07, 6.45) is 0.851. The number of aldehydes is 1. The summed E-state index contributed by atoms with van der Waals surface area (Å²) in [5, 5.41) is 2.37. The van der Waals surface area contributed by atoms with Crippen LogP contribution in [0.5, 0.6) is 5.75 Å². The van der Waals surface area contributed by atoms with E-state index in [1.807, 2.05) is 24.3 Å². The minimum atomic E-state index is 0.647. The molecule has 0 fully saturated rings. The molecule has 0 aliphatic heterocycles. The van der Waals surface area contributed by atoms with Gasteiger partial charge in [-0.25, -0.2) is 0 Å². The largest absolute Gasteiger partial charge is 0.496 e. The minimum absolute atomic E-state index is 0.647. The van der Waals surface area contributed by atoms with Crippen molar-refractivity contribution in [3.8, 4) is 16.9 Å². The maximum atomic E-state index is 11.0. The quantitative estimate of drug-likeness (QED) is 0.657. The molecule has 0 radical (unpaired) electrons. The van der Waals surface area contributed by atoms with E-state index in [0.29, 0.717) is 5.56 Å². The lowest BCUT2D eigenvalue weighted by molar-refractivity contribution is 0.112. The number of hydrogen-bond donors (Lipinski definition) is 0. The van der Waals surface area contributed by atoms with Gasteiger partial charge >= 0.3 is 0 Å². The molecule has 0 N–H and O–H groups in total. The van der Waals surface area contributed by atoms with Crippen LogP contribution in [0.1, 0.15) is 10.4 Å². The number of rotatable bonds is 3. The van der Waals surface area contributed by atoms with Gasteiger partial charge in [0.05, 0.1) is 7.11 Å². The van der Waals surface area contributed by atoms with E-state index < -0.39 is 0 Å². The van der Waals surface area contributed by atoms with Crippen molar-refractivity contribution < 1.29 is 9.53 Å². The van der Waals surface area contributed by atoms with E-state index in [4.69, 9.17) is 4.74 Å². The van der Waals surface area contributed by atoms with E-state index in [1.54, 1.807) is 13.2 Å². The second-order valence-corrected chi connectivity index (χ2v) is 4.64. The monoisotopic (exact) mass is 262 g/mol. The molecule has 0 aliphatic rings. The molecular formula is C18H14O2. The topological polar surface area (TPSA) is 26.3 Å². The zero-order valence-electron chi connectivity index (χ0n) is 11.2. The zero-order valence-corrected chi connectivity index (χ0v) is 11.2. The van der Waals surface area contributed by atoms with Gasteiger partial charge in [-0.2, -0.15) is 0 Å². The predicted octanol–water partition coefficient (Wildman–Crippen LogP) is 4.33. The lowest BCUT2D eigenvalue weighted by atomic mass is 9.99.